The van der Waals surface area contributed by atoms with Crippen molar-refractivity contribution in [3.8, 4) is 5.75 Å². The zero-order valence-corrected chi connectivity index (χ0v) is 10.9. The second-order valence-corrected chi connectivity index (χ2v) is 5.21. The van der Waals surface area contributed by atoms with Crippen molar-refractivity contribution in [1.29, 1.82) is 0 Å². The van der Waals surface area contributed by atoms with E-state index >= 15 is 0 Å². The van der Waals surface area contributed by atoms with Crippen LogP contribution in [0.4, 0.5) is 0 Å². The SMILES string of the molecule is O=C(C1CCOc2ccccc21)N(CCO)C1CC1. The lowest BCUT2D eigenvalue weighted by atomic mass is 9.91. The van der Waals surface area contributed by atoms with Gasteiger partial charge in [0.25, 0.3) is 0 Å². The van der Waals surface area contributed by atoms with Crippen molar-refractivity contribution >= 4 is 5.91 Å². The van der Waals surface area contributed by atoms with Crippen LogP contribution in [-0.2, 0) is 4.79 Å². The number of hydrogen-bond acceptors (Lipinski definition) is 3. The van der Waals surface area contributed by atoms with Crippen molar-refractivity contribution in [3.63, 3.8) is 0 Å². The molecule has 4 heteroatoms. The summed E-state index contributed by atoms with van der Waals surface area (Å²) in [4.78, 5) is 14.5. The third-order valence-electron chi connectivity index (χ3n) is 3.87. The number of aliphatic hydroxyl groups is 1. The maximum atomic E-state index is 12.7. The van der Waals surface area contributed by atoms with E-state index in [0.717, 1.165) is 30.6 Å². The topological polar surface area (TPSA) is 49.8 Å². The molecule has 1 saturated carbocycles. The third-order valence-corrected chi connectivity index (χ3v) is 3.87. The number of carbonyl (C=O) groups excluding carboxylic acids is 1. The van der Waals surface area contributed by atoms with Crippen LogP contribution in [0.3, 0.4) is 0 Å². The molecule has 102 valence electrons. The molecule has 0 radical (unpaired) electrons. The molecule has 0 bridgehead atoms. The highest BCUT2D eigenvalue weighted by Crippen LogP contribution is 2.37. The molecule has 1 aromatic carbocycles. The van der Waals surface area contributed by atoms with Gasteiger partial charge in [0.1, 0.15) is 5.75 Å². The predicted molar refractivity (Wildman–Crippen MR) is 71.1 cm³/mol. The van der Waals surface area contributed by atoms with Gasteiger partial charge in [0.05, 0.1) is 19.1 Å². The third kappa shape index (κ3) is 2.45. The summed E-state index contributed by atoms with van der Waals surface area (Å²) in [5.74, 6) is 0.858. The summed E-state index contributed by atoms with van der Waals surface area (Å²) in [6, 6.07) is 8.11. The summed E-state index contributed by atoms with van der Waals surface area (Å²) < 4.78 is 5.60. The van der Waals surface area contributed by atoms with Gasteiger partial charge >= 0.3 is 0 Å². The predicted octanol–water partition coefficient (Wildman–Crippen LogP) is 1.54. The number of carbonyl (C=O) groups is 1. The number of hydrogen-bond donors (Lipinski definition) is 1. The Morgan fingerprint density at radius 2 is 2.11 bits per heavy atom. The molecule has 1 amide bonds. The lowest BCUT2D eigenvalue weighted by Crippen LogP contribution is -2.40. The second-order valence-electron chi connectivity index (χ2n) is 5.21. The van der Waals surface area contributed by atoms with E-state index in [4.69, 9.17) is 9.84 Å². The number of ether oxygens (including phenoxy) is 1. The van der Waals surface area contributed by atoms with Crippen molar-refractivity contribution in [2.24, 2.45) is 0 Å². The number of rotatable bonds is 4. The Labute approximate surface area is 113 Å². The average Bonchev–Trinajstić information content (AvgIpc) is 3.28. The summed E-state index contributed by atoms with van der Waals surface area (Å²) in [6.45, 7) is 1.07. The molecule has 4 nitrogen and oxygen atoms in total. The van der Waals surface area contributed by atoms with Gasteiger partial charge in [-0.15, -0.1) is 0 Å². The quantitative estimate of drug-likeness (QED) is 0.894. The second kappa shape index (κ2) is 5.21. The van der Waals surface area contributed by atoms with E-state index in [1.807, 2.05) is 29.2 Å². The van der Waals surface area contributed by atoms with Crippen LogP contribution in [0.2, 0.25) is 0 Å². The van der Waals surface area contributed by atoms with E-state index in [1.54, 1.807) is 0 Å². The molecule has 1 aliphatic heterocycles. The van der Waals surface area contributed by atoms with Gasteiger partial charge in [-0.05, 0) is 25.3 Å². The smallest absolute Gasteiger partial charge is 0.230 e. The van der Waals surface area contributed by atoms with Crippen LogP contribution in [0.1, 0.15) is 30.7 Å². The van der Waals surface area contributed by atoms with Gasteiger partial charge in [0.15, 0.2) is 0 Å². The van der Waals surface area contributed by atoms with Crippen molar-refractivity contribution in [2.75, 3.05) is 19.8 Å². The Bertz CT molecular complexity index is 470. The molecule has 3 rings (SSSR count). The minimum atomic E-state index is -0.114. The number of amides is 1. The van der Waals surface area contributed by atoms with Crippen molar-refractivity contribution in [3.05, 3.63) is 29.8 Å². The molecule has 1 aliphatic carbocycles. The molecule has 1 N–H and O–H groups in total. The van der Waals surface area contributed by atoms with E-state index < -0.39 is 0 Å². The van der Waals surface area contributed by atoms with Crippen molar-refractivity contribution in [1.82, 2.24) is 4.90 Å². The molecule has 0 aromatic heterocycles. The first kappa shape index (κ1) is 12.5. The van der Waals surface area contributed by atoms with Crippen LogP contribution in [0, 0.1) is 0 Å². The molecule has 1 atom stereocenters. The maximum absolute atomic E-state index is 12.7. The molecule has 1 aromatic rings. The fourth-order valence-electron chi connectivity index (χ4n) is 2.77. The molecule has 0 spiro atoms. The highest BCUT2D eigenvalue weighted by molar-refractivity contribution is 5.85. The van der Waals surface area contributed by atoms with Gasteiger partial charge in [-0.1, -0.05) is 18.2 Å². The van der Waals surface area contributed by atoms with Gasteiger partial charge in [0, 0.05) is 18.2 Å². The van der Waals surface area contributed by atoms with Gasteiger partial charge < -0.3 is 14.7 Å². The summed E-state index contributed by atoms with van der Waals surface area (Å²) in [6.07, 6.45) is 2.86. The van der Waals surface area contributed by atoms with Crippen molar-refractivity contribution < 1.29 is 14.6 Å². The Morgan fingerprint density at radius 3 is 2.84 bits per heavy atom. The lowest BCUT2D eigenvalue weighted by molar-refractivity contribution is -0.134. The van der Waals surface area contributed by atoms with Gasteiger partial charge in [-0.2, -0.15) is 0 Å². The molecule has 0 saturated heterocycles. The van der Waals surface area contributed by atoms with Crippen molar-refractivity contribution in [2.45, 2.75) is 31.2 Å². The van der Waals surface area contributed by atoms with Crippen LogP contribution >= 0.6 is 0 Å². The highest BCUT2D eigenvalue weighted by Gasteiger charge is 2.37. The molecule has 1 unspecified atom stereocenters. The van der Waals surface area contributed by atoms with Crippen LogP contribution in [0.25, 0.3) is 0 Å². The number of nitrogens with zero attached hydrogens (tertiary/aromatic N) is 1. The van der Waals surface area contributed by atoms with E-state index in [2.05, 4.69) is 0 Å². The maximum Gasteiger partial charge on any atom is 0.230 e. The zero-order chi connectivity index (χ0) is 13.2. The number of aliphatic hydroxyl groups excluding tert-OH is 1. The average molecular weight is 261 g/mol. The molecule has 19 heavy (non-hydrogen) atoms. The minimum absolute atomic E-state index is 0.0348. The molecule has 1 fully saturated rings. The van der Waals surface area contributed by atoms with Crippen LogP contribution in [0.5, 0.6) is 5.75 Å². The van der Waals surface area contributed by atoms with Gasteiger partial charge in [0.2, 0.25) is 5.91 Å². The van der Waals surface area contributed by atoms with Crippen LogP contribution < -0.4 is 4.74 Å². The fraction of sp³-hybridized carbons (Fsp3) is 0.533. The molecular formula is C15H19NO3. The van der Waals surface area contributed by atoms with Crippen LogP contribution in [0.15, 0.2) is 24.3 Å². The Morgan fingerprint density at radius 1 is 1.32 bits per heavy atom. The number of fused-ring (bicyclic) bond motifs is 1. The fourth-order valence-corrected chi connectivity index (χ4v) is 2.77. The monoisotopic (exact) mass is 261 g/mol. The summed E-state index contributed by atoms with van der Waals surface area (Å²) >= 11 is 0. The lowest BCUT2D eigenvalue weighted by Gasteiger charge is -2.30. The highest BCUT2D eigenvalue weighted by atomic mass is 16.5. The Balaban J connectivity index is 1.83. The Kier molecular flexibility index (Phi) is 3.42. The van der Waals surface area contributed by atoms with Crippen LogP contribution in [-0.4, -0.2) is 41.7 Å². The minimum Gasteiger partial charge on any atom is -0.493 e. The summed E-state index contributed by atoms with van der Waals surface area (Å²) in [5.41, 5.74) is 0.988. The van der Waals surface area contributed by atoms with E-state index in [1.165, 1.54) is 0 Å². The molecule has 2 aliphatic rings. The first-order chi connectivity index (χ1) is 9.31. The van der Waals surface area contributed by atoms with Gasteiger partial charge in [-0.3, -0.25) is 4.79 Å². The van der Waals surface area contributed by atoms with Gasteiger partial charge in [-0.25, -0.2) is 0 Å². The zero-order valence-electron chi connectivity index (χ0n) is 10.9. The summed E-state index contributed by atoms with van der Waals surface area (Å²) in [7, 11) is 0. The standard InChI is InChI=1S/C15H19NO3/c17-9-8-16(11-5-6-11)15(18)13-7-10-19-14-4-2-1-3-12(13)14/h1-4,11,13,17H,5-10H2. The summed E-state index contributed by atoms with van der Waals surface area (Å²) in [5, 5.41) is 9.14. The first-order valence-corrected chi connectivity index (χ1v) is 6.94. The molecule has 1 heterocycles. The molecular weight excluding hydrogens is 242 g/mol. The van der Waals surface area contributed by atoms with E-state index in [9.17, 15) is 4.79 Å². The Hall–Kier alpha value is -1.55. The number of para-hydroxylation sites is 1. The first-order valence-electron chi connectivity index (χ1n) is 6.94. The van der Waals surface area contributed by atoms with E-state index in [-0.39, 0.29) is 18.4 Å². The van der Waals surface area contributed by atoms with E-state index in [0.29, 0.717) is 19.2 Å². The number of benzene rings is 1. The largest absolute Gasteiger partial charge is 0.493 e. The normalized spacial score (nSPS) is 21.4.